The van der Waals surface area contributed by atoms with Crippen molar-refractivity contribution in [3.63, 3.8) is 0 Å². The fraction of sp³-hybridized carbons (Fsp3) is 0.211. The lowest BCUT2D eigenvalue weighted by Crippen LogP contribution is -2.18. The molecule has 8 nitrogen and oxygen atoms in total. The summed E-state index contributed by atoms with van der Waals surface area (Å²) >= 11 is 0. The number of aromatic nitrogens is 1. The number of fused-ring (bicyclic) bond motifs is 1. The molecule has 2 aromatic rings. The van der Waals surface area contributed by atoms with Crippen LogP contribution in [0.15, 0.2) is 36.5 Å². The summed E-state index contributed by atoms with van der Waals surface area (Å²) < 4.78 is 0. The van der Waals surface area contributed by atoms with Crippen molar-refractivity contribution in [2.24, 2.45) is 0 Å². The second kappa shape index (κ2) is 8.33. The quantitative estimate of drug-likeness (QED) is 0.223. The van der Waals surface area contributed by atoms with Crippen LogP contribution in [0.2, 0.25) is 0 Å². The Morgan fingerprint density at radius 1 is 1.11 bits per heavy atom. The van der Waals surface area contributed by atoms with Crippen LogP contribution in [0.5, 0.6) is 0 Å². The maximum absolute atomic E-state index is 12.2. The number of carbonyl (C=O) groups is 3. The number of aromatic amines is 1. The van der Waals surface area contributed by atoms with Crippen LogP contribution in [0, 0.1) is 0 Å². The van der Waals surface area contributed by atoms with Crippen LogP contribution < -0.4 is 16.1 Å². The Bertz CT molecular complexity index is 887. The van der Waals surface area contributed by atoms with Crippen molar-refractivity contribution in [2.45, 2.75) is 25.7 Å². The zero-order valence-corrected chi connectivity index (χ0v) is 14.5. The lowest BCUT2D eigenvalue weighted by Gasteiger charge is -2.07. The summed E-state index contributed by atoms with van der Waals surface area (Å²) in [5, 5.41) is 14.0. The first-order chi connectivity index (χ1) is 13.1. The molecule has 0 bridgehead atoms. The molecule has 0 saturated carbocycles. The molecule has 0 spiro atoms. The van der Waals surface area contributed by atoms with E-state index in [-0.39, 0.29) is 24.7 Å². The van der Waals surface area contributed by atoms with Gasteiger partial charge in [0.1, 0.15) is 0 Å². The maximum atomic E-state index is 12.2. The average molecular weight is 368 g/mol. The molecular formula is C19H20N4O4. The van der Waals surface area contributed by atoms with E-state index in [0.717, 1.165) is 11.3 Å². The highest BCUT2D eigenvalue weighted by atomic mass is 16.5. The Morgan fingerprint density at radius 3 is 2.59 bits per heavy atom. The summed E-state index contributed by atoms with van der Waals surface area (Å²) in [7, 11) is 0. The molecule has 8 heteroatoms. The van der Waals surface area contributed by atoms with Crippen LogP contribution in [0.3, 0.4) is 0 Å². The summed E-state index contributed by atoms with van der Waals surface area (Å²) in [4.78, 5) is 38.2. The summed E-state index contributed by atoms with van der Waals surface area (Å²) in [6, 6.07) is 8.96. The highest BCUT2D eigenvalue weighted by molar-refractivity contribution is 6.35. The molecular weight excluding hydrogens is 348 g/mol. The van der Waals surface area contributed by atoms with Crippen molar-refractivity contribution in [3.8, 4) is 0 Å². The SMILES string of the molecule is O=C(CCCCC(=O)Nc1ccc2c(c1)/C(=C\c1ccc[nH]1)C(=O)N2)NO. The van der Waals surface area contributed by atoms with Gasteiger partial charge < -0.3 is 15.6 Å². The highest BCUT2D eigenvalue weighted by Crippen LogP contribution is 2.34. The van der Waals surface area contributed by atoms with Crippen LogP contribution in [-0.2, 0) is 14.4 Å². The van der Waals surface area contributed by atoms with Crippen LogP contribution in [0.1, 0.15) is 36.9 Å². The number of H-pyrrole nitrogens is 1. The van der Waals surface area contributed by atoms with E-state index in [4.69, 9.17) is 5.21 Å². The number of amides is 3. The molecule has 140 valence electrons. The smallest absolute Gasteiger partial charge is 0.256 e. The zero-order chi connectivity index (χ0) is 19.2. The lowest BCUT2D eigenvalue weighted by atomic mass is 10.0. The molecule has 0 atom stereocenters. The third-order valence-electron chi connectivity index (χ3n) is 4.19. The molecule has 3 amide bonds. The molecule has 0 unspecified atom stereocenters. The molecule has 1 aliphatic heterocycles. The topological polar surface area (TPSA) is 123 Å². The van der Waals surface area contributed by atoms with Gasteiger partial charge in [0, 0.05) is 41.7 Å². The van der Waals surface area contributed by atoms with Gasteiger partial charge in [-0.1, -0.05) is 0 Å². The van der Waals surface area contributed by atoms with Gasteiger partial charge in [-0.05, 0) is 49.2 Å². The zero-order valence-electron chi connectivity index (χ0n) is 14.5. The van der Waals surface area contributed by atoms with Gasteiger partial charge in [0.25, 0.3) is 5.91 Å². The largest absolute Gasteiger partial charge is 0.362 e. The number of nitrogens with one attached hydrogen (secondary N) is 4. The number of hydroxylamine groups is 1. The van der Waals surface area contributed by atoms with Gasteiger partial charge in [0.05, 0.1) is 5.57 Å². The van der Waals surface area contributed by atoms with E-state index in [2.05, 4.69) is 15.6 Å². The first-order valence-corrected chi connectivity index (χ1v) is 8.60. The molecule has 27 heavy (non-hydrogen) atoms. The van der Waals surface area contributed by atoms with E-state index in [1.165, 1.54) is 0 Å². The van der Waals surface area contributed by atoms with Gasteiger partial charge >= 0.3 is 0 Å². The van der Waals surface area contributed by atoms with Gasteiger partial charge in [0.2, 0.25) is 11.8 Å². The van der Waals surface area contributed by atoms with Crippen LogP contribution in [0.4, 0.5) is 11.4 Å². The van der Waals surface area contributed by atoms with Crippen LogP contribution in [0.25, 0.3) is 11.6 Å². The summed E-state index contributed by atoms with van der Waals surface area (Å²) in [5.41, 5.74) is 4.93. The Morgan fingerprint density at radius 2 is 1.89 bits per heavy atom. The first-order valence-electron chi connectivity index (χ1n) is 8.60. The predicted octanol–water partition coefficient (Wildman–Crippen LogP) is 2.51. The van der Waals surface area contributed by atoms with Gasteiger partial charge in [-0.25, -0.2) is 5.48 Å². The van der Waals surface area contributed by atoms with E-state index in [1.54, 1.807) is 36.0 Å². The van der Waals surface area contributed by atoms with Gasteiger partial charge in [-0.3, -0.25) is 19.6 Å². The maximum Gasteiger partial charge on any atom is 0.256 e. The minimum absolute atomic E-state index is 0.170. The van der Waals surface area contributed by atoms with E-state index >= 15 is 0 Å². The van der Waals surface area contributed by atoms with Crippen molar-refractivity contribution in [1.29, 1.82) is 0 Å². The molecule has 2 heterocycles. The van der Waals surface area contributed by atoms with Crippen LogP contribution >= 0.6 is 0 Å². The standard InChI is InChI=1S/C19H20N4O4/c24-17(5-1-2-6-18(25)23-27)21-13-7-8-16-14(11-13)15(19(26)22-16)10-12-4-3-9-20-12/h3-4,7-11,20,27H,1-2,5-6H2,(H,21,24)(H,22,26)(H,23,25)/b15-10+. The summed E-state index contributed by atoms with van der Waals surface area (Å²) in [5.74, 6) is -0.829. The van der Waals surface area contributed by atoms with E-state index in [9.17, 15) is 14.4 Å². The Hall–Kier alpha value is -3.39. The predicted molar refractivity (Wildman–Crippen MR) is 101 cm³/mol. The lowest BCUT2D eigenvalue weighted by molar-refractivity contribution is -0.129. The first kappa shape index (κ1) is 18.4. The van der Waals surface area contributed by atoms with Crippen molar-refractivity contribution in [3.05, 3.63) is 47.8 Å². The van der Waals surface area contributed by atoms with Crippen molar-refractivity contribution < 1.29 is 19.6 Å². The number of rotatable bonds is 7. The van der Waals surface area contributed by atoms with E-state index in [1.807, 2.05) is 12.1 Å². The molecule has 1 aromatic heterocycles. The molecule has 3 rings (SSSR count). The Kier molecular flexibility index (Phi) is 5.68. The minimum Gasteiger partial charge on any atom is -0.362 e. The third kappa shape index (κ3) is 4.62. The van der Waals surface area contributed by atoms with Gasteiger partial charge in [-0.2, -0.15) is 0 Å². The Balaban J connectivity index is 1.64. The normalized spacial score (nSPS) is 14.0. The average Bonchev–Trinajstić information content (AvgIpc) is 3.27. The molecule has 0 aliphatic carbocycles. The molecule has 0 radical (unpaired) electrons. The fourth-order valence-electron chi connectivity index (χ4n) is 2.85. The summed E-state index contributed by atoms with van der Waals surface area (Å²) in [6.45, 7) is 0. The number of anilines is 2. The van der Waals surface area contributed by atoms with Gasteiger partial charge in [-0.15, -0.1) is 0 Å². The minimum atomic E-state index is -0.465. The third-order valence-corrected chi connectivity index (χ3v) is 4.19. The van der Waals surface area contributed by atoms with Gasteiger partial charge in [0.15, 0.2) is 0 Å². The highest BCUT2D eigenvalue weighted by Gasteiger charge is 2.24. The molecule has 1 aliphatic rings. The second-order valence-electron chi connectivity index (χ2n) is 6.19. The van der Waals surface area contributed by atoms with E-state index < -0.39 is 5.91 Å². The van der Waals surface area contributed by atoms with Crippen molar-refractivity contribution in [2.75, 3.05) is 10.6 Å². The number of benzene rings is 1. The molecule has 1 aromatic carbocycles. The summed E-state index contributed by atoms with van der Waals surface area (Å²) in [6.07, 6.45) is 5.01. The number of hydrogen-bond acceptors (Lipinski definition) is 4. The second-order valence-corrected chi connectivity index (χ2v) is 6.19. The van der Waals surface area contributed by atoms with E-state index in [0.29, 0.717) is 29.8 Å². The fourth-order valence-corrected chi connectivity index (χ4v) is 2.85. The molecule has 0 saturated heterocycles. The number of hydrogen-bond donors (Lipinski definition) is 5. The van der Waals surface area contributed by atoms with Crippen molar-refractivity contribution >= 4 is 40.7 Å². The Labute approximate surface area is 155 Å². The monoisotopic (exact) mass is 368 g/mol. The number of unbranched alkanes of at least 4 members (excludes halogenated alkanes) is 1. The van der Waals surface area contributed by atoms with Crippen molar-refractivity contribution in [1.82, 2.24) is 10.5 Å². The molecule has 5 N–H and O–H groups in total. The number of carbonyl (C=O) groups excluding carboxylic acids is 3. The van der Waals surface area contributed by atoms with Crippen LogP contribution in [-0.4, -0.2) is 27.9 Å². The molecule has 0 fully saturated rings.